The van der Waals surface area contributed by atoms with Gasteiger partial charge >= 0.3 is 6.03 Å². The van der Waals surface area contributed by atoms with Crippen LogP contribution in [0.1, 0.15) is 31.9 Å². The molecule has 1 unspecified atom stereocenters. The molecule has 0 spiro atoms. The van der Waals surface area contributed by atoms with Gasteiger partial charge in [-0.25, -0.2) is 4.79 Å². The number of anilines is 1. The zero-order valence-corrected chi connectivity index (χ0v) is 12.3. The molecule has 0 aliphatic carbocycles. The number of aryl methyl sites for hydroxylation is 1. The molecule has 0 saturated carbocycles. The number of nitriles is 1. The number of aliphatic hydroxyl groups is 1. The number of urea groups is 1. The predicted molar refractivity (Wildman–Crippen MR) is 78.4 cm³/mol. The van der Waals surface area contributed by atoms with Crippen LogP contribution in [0.3, 0.4) is 0 Å². The first-order valence-electron chi connectivity index (χ1n) is 6.54. The Kier molecular flexibility index (Phi) is 5.12. The summed E-state index contributed by atoms with van der Waals surface area (Å²) in [6.45, 7) is 7.47. The Morgan fingerprint density at radius 1 is 1.50 bits per heavy atom. The Hall–Kier alpha value is -2.06. The molecule has 2 amide bonds. The van der Waals surface area contributed by atoms with Gasteiger partial charge in [-0.05, 0) is 37.5 Å². The third-order valence-corrected chi connectivity index (χ3v) is 3.47. The van der Waals surface area contributed by atoms with E-state index in [2.05, 4.69) is 10.6 Å². The molecule has 1 aromatic carbocycles. The predicted octanol–water partition coefficient (Wildman–Crippen LogP) is 2.40. The normalized spacial score (nSPS) is 13.4. The highest BCUT2D eigenvalue weighted by atomic mass is 16.3. The standard InChI is InChI=1S/C15H21N3O2/c1-10(2)15(4,20)9-17-14(19)18-13-7-12(8-16)6-5-11(13)3/h5-7,10,20H,9H2,1-4H3,(H2,17,18,19). The Morgan fingerprint density at radius 3 is 2.70 bits per heavy atom. The van der Waals surface area contributed by atoms with Gasteiger partial charge in [0.1, 0.15) is 0 Å². The number of nitrogens with zero attached hydrogens (tertiary/aromatic N) is 1. The molecule has 0 heterocycles. The SMILES string of the molecule is Cc1ccc(C#N)cc1NC(=O)NCC(C)(O)C(C)C. The van der Waals surface area contributed by atoms with E-state index >= 15 is 0 Å². The summed E-state index contributed by atoms with van der Waals surface area (Å²) in [5, 5.41) is 24.2. The van der Waals surface area contributed by atoms with Crippen molar-refractivity contribution in [3.8, 4) is 6.07 Å². The Balaban J connectivity index is 2.66. The fourth-order valence-corrected chi connectivity index (χ4v) is 1.46. The van der Waals surface area contributed by atoms with Crippen LogP contribution in [0.4, 0.5) is 10.5 Å². The van der Waals surface area contributed by atoms with Crippen LogP contribution in [-0.4, -0.2) is 23.3 Å². The lowest BCUT2D eigenvalue weighted by molar-refractivity contribution is 0.0170. The number of amides is 2. The summed E-state index contributed by atoms with van der Waals surface area (Å²) in [5.74, 6) is 0.0338. The van der Waals surface area contributed by atoms with E-state index in [1.54, 1.807) is 25.1 Å². The zero-order chi connectivity index (χ0) is 15.3. The molecular weight excluding hydrogens is 254 g/mol. The number of carbonyl (C=O) groups excluding carboxylic acids is 1. The van der Waals surface area contributed by atoms with E-state index in [1.165, 1.54) is 0 Å². The van der Waals surface area contributed by atoms with Gasteiger partial charge in [-0.3, -0.25) is 0 Å². The molecule has 0 fully saturated rings. The van der Waals surface area contributed by atoms with Crippen LogP contribution in [0, 0.1) is 24.2 Å². The van der Waals surface area contributed by atoms with E-state index in [4.69, 9.17) is 5.26 Å². The van der Waals surface area contributed by atoms with Crippen molar-refractivity contribution in [1.29, 1.82) is 5.26 Å². The molecule has 1 rings (SSSR count). The van der Waals surface area contributed by atoms with Crippen LogP contribution in [0.25, 0.3) is 0 Å². The fourth-order valence-electron chi connectivity index (χ4n) is 1.46. The summed E-state index contributed by atoms with van der Waals surface area (Å²) in [5.41, 5.74) is 0.988. The third kappa shape index (κ3) is 4.25. The molecule has 108 valence electrons. The molecule has 0 saturated heterocycles. The van der Waals surface area contributed by atoms with Gasteiger partial charge in [0.25, 0.3) is 0 Å². The van der Waals surface area contributed by atoms with Crippen molar-refractivity contribution < 1.29 is 9.90 Å². The highest BCUT2D eigenvalue weighted by Gasteiger charge is 2.25. The zero-order valence-electron chi connectivity index (χ0n) is 12.3. The van der Waals surface area contributed by atoms with E-state index < -0.39 is 11.6 Å². The Bertz CT molecular complexity index is 530. The van der Waals surface area contributed by atoms with Crippen LogP contribution in [0.5, 0.6) is 0 Å². The highest BCUT2D eigenvalue weighted by molar-refractivity contribution is 5.90. The monoisotopic (exact) mass is 275 g/mol. The summed E-state index contributed by atoms with van der Waals surface area (Å²) >= 11 is 0. The van der Waals surface area contributed by atoms with Crippen LogP contribution >= 0.6 is 0 Å². The van der Waals surface area contributed by atoms with Crippen molar-refractivity contribution in [3.63, 3.8) is 0 Å². The fraction of sp³-hybridized carbons (Fsp3) is 0.467. The Labute approximate surface area is 119 Å². The maximum Gasteiger partial charge on any atom is 0.319 e. The van der Waals surface area contributed by atoms with Gasteiger partial charge in [-0.1, -0.05) is 19.9 Å². The van der Waals surface area contributed by atoms with Gasteiger partial charge in [0.2, 0.25) is 0 Å². The first-order valence-corrected chi connectivity index (χ1v) is 6.54. The number of hydrogen-bond acceptors (Lipinski definition) is 3. The van der Waals surface area contributed by atoms with E-state index in [0.717, 1.165) is 5.56 Å². The van der Waals surface area contributed by atoms with Crippen LogP contribution in [-0.2, 0) is 0 Å². The van der Waals surface area contributed by atoms with Crippen LogP contribution < -0.4 is 10.6 Å². The summed E-state index contributed by atoms with van der Waals surface area (Å²) in [6.07, 6.45) is 0. The lowest BCUT2D eigenvalue weighted by Gasteiger charge is -2.27. The van der Waals surface area contributed by atoms with E-state index in [9.17, 15) is 9.90 Å². The molecule has 0 radical (unpaired) electrons. The summed E-state index contributed by atoms with van der Waals surface area (Å²) in [4.78, 5) is 11.8. The lowest BCUT2D eigenvalue weighted by Crippen LogP contribution is -2.45. The van der Waals surface area contributed by atoms with Gasteiger partial charge in [0.05, 0.1) is 17.2 Å². The minimum atomic E-state index is -0.957. The second-order valence-electron chi connectivity index (χ2n) is 5.46. The lowest BCUT2D eigenvalue weighted by atomic mass is 9.93. The average molecular weight is 275 g/mol. The first kappa shape index (κ1) is 16.0. The molecule has 5 heteroatoms. The van der Waals surface area contributed by atoms with Gasteiger partial charge in [0.15, 0.2) is 0 Å². The molecule has 0 aliphatic heterocycles. The molecule has 5 nitrogen and oxygen atoms in total. The molecule has 1 aromatic rings. The molecule has 0 aromatic heterocycles. The Morgan fingerprint density at radius 2 is 2.15 bits per heavy atom. The number of rotatable bonds is 4. The first-order chi connectivity index (χ1) is 9.26. The van der Waals surface area contributed by atoms with Crippen LogP contribution in [0.15, 0.2) is 18.2 Å². The molecule has 1 atom stereocenters. The molecule has 0 aliphatic rings. The van der Waals surface area contributed by atoms with Crippen molar-refractivity contribution in [1.82, 2.24) is 5.32 Å². The topological polar surface area (TPSA) is 85.2 Å². The second-order valence-corrected chi connectivity index (χ2v) is 5.46. The number of nitrogens with one attached hydrogen (secondary N) is 2. The minimum Gasteiger partial charge on any atom is -0.388 e. The largest absolute Gasteiger partial charge is 0.388 e. The van der Waals surface area contributed by atoms with Gasteiger partial charge in [-0.2, -0.15) is 5.26 Å². The summed E-state index contributed by atoms with van der Waals surface area (Å²) < 4.78 is 0. The average Bonchev–Trinajstić information content (AvgIpc) is 2.39. The van der Waals surface area contributed by atoms with E-state index in [0.29, 0.717) is 11.3 Å². The molecular formula is C15H21N3O2. The van der Waals surface area contributed by atoms with E-state index in [-0.39, 0.29) is 12.5 Å². The van der Waals surface area contributed by atoms with Gasteiger partial charge < -0.3 is 15.7 Å². The number of benzene rings is 1. The molecule has 0 bridgehead atoms. The number of hydrogen-bond donors (Lipinski definition) is 3. The summed E-state index contributed by atoms with van der Waals surface area (Å²) in [7, 11) is 0. The molecule has 20 heavy (non-hydrogen) atoms. The quantitative estimate of drug-likeness (QED) is 0.788. The van der Waals surface area contributed by atoms with Gasteiger partial charge in [-0.15, -0.1) is 0 Å². The van der Waals surface area contributed by atoms with E-state index in [1.807, 2.05) is 26.8 Å². The minimum absolute atomic E-state index is 0.0338. The molecule has 3 N–H and O–H groups in total. The van der Waals surface area contributed by atoms with Crippen molar-refractivity contribution in [2.24, 2.45) is 5.92 Å². The third-order valence-electron chi connectivity index (χ3n) is 3.47. The van der Waals surface area contributed by atoms with Crippen molar-refractivity contribution in [2.45, 2.75) is 33.3 Å². The van der Waals surface area contributed by atoms with Crippen LogP contribution in [0.2, 0.25) is 0 Å². The second kappa shape index (κ2) is 6.40. The maximum atomic E-state index is 11.8. The number of carbonyl (C=O) groups is 1. The van der Waals surface area contributed by atoms with Gasteiger partial charge in [0, 0.05) is 12.2 Å². The summed E-state index contributed by atoms with van der Waals surface area (Å²) in [6, 6.07) is 6.72. The van der Waals surface area contributed by atoms with Crippen molar-refractivity contribution in [3.05, 3.63) is 29.3 Å². The maximum absolute atomic E-state index is 11.8. The highest BCUT2D eigenvalue weighted by Crippen LogP contribution is 2.17. The smallest absolute Gasteiger partial charge is 0.319 e. The van der Waals surface area contributed by atoms with Crippen molar-refractivity contribution in [2.75, 3.05) is 11.9 Å². The van der Waals surface area contributed by atoms with Crippen molar-refractivity contribution >= 4 is 11.7 Å².